The molecule has 92 valence electrons. The van der Waals surface area contributed by atoms with E-state index in [1.165, 1.54) is 0 Å². The van der Waals surface area contributed by atoms with E-state index in [4.69, 9.17) is 4.74 Å². The summed E-state index contributed by atoms with van der Waals surface area (Å²) >= 11 is 0. The quantitative estimate of drug-likeness (QED) is 0.764. The van der Waals surface area contributed by atoms with Gasteiger partial charge >= 0.3 is 0 Å². The third-order valence-electron chi connectivity index (χ3n) is 3.43. The van der Waals surface area contributed by atoms with Crippen LogP contribution in [0.2, 0.25) is 0 Å². The second-order valence-corrected chi connectivity index (χ2v) is 4.37. The molecule has 0 spiro atoms. The Morgan fingerprint density at radius 1 is 1.35 bits per heavy atom. The van der Waals surface area contributed by atoms with Gasteiger partial charge in [-0.25, -0.2) is 4.98 Å². The highest BCUT2D eigenvalue weighted by Crippen LogP contribution is 2.23. The Morgan fingerprint density at radius 2 is 2.00 bits per heavy atom. The van der Waals surface area contributed by atoms with Gasteiger partial charge in [-0.1, -0.05) is 0 Å². The van der Waals surface area contributed by atoms with Crippen LogP contribution in [0.25, 0.3) is 0 Å². The molecule has 0 radical (unpaired) electrons. The Labute approximate surface area is 102 Å². The van der Waals surface area contributed by atoms with Crippen LogP contribution in [0.5, 0.6) is 0 Å². The SMILES string of the molecule is Cc1nc(C(C#N)N2CCOCC2)c(C)n1C. The predicted octanol–water partition coefficient (Wildman–Crippen LogP) is 0.934. The lowest BCUT2D eigenvalue weighted by Gasteiger charge is -2.29. The van der Waals surface area contributed by atoms with Gasteiger partial charge in [-0.3, -0.25) is 4.90 Å². The Kier molecular flexibility index (Phi) is 3.46. The van der Waals surface area contributed by atoms with E-state index in [-0.39, 0.29) is 6.04 Å². The summed E-state index contributed by atoms with van der Waals surface area (Å²) in [6.45, 7) is 6.97. The number of hydrogen-bond acceptors (Lipinski definition) is 4. The molecule has 1 fully saturated rings. The third kappa shape index (κ3) is 2.19. The van der Waals surface area contributed by atoms with E-state index in [2.05, 4.69) is 16.0 Å². The topological polar surface area (TPSA) is 54.1 Å². The lowest BCUT2D eigenvalue weighted by molar-refractivity contribution is 0.0259. The van der Waals surface area contributed by atoms with Crippen LogP contribution >= 0.6 is 0 Å². The van der Waals surface area contributed by atoms with Gasteiger partial charge in [0.25, 0.3) is 0 Å². The van der Waals surface area contributed by atoms with Gasteiger partial charge in [-0.15, -0.1) is 0 Å². The maximum absolute atomic E-state index is 9.37. The Morgan fingerprint density at radius 3 is 2.47 bits per heavy atom. The van der Waals surface area contributed by atoms with Crippen molar-refractivity contribution in [3.63, 3.8) is 0 Å². The number of ether oxygens (including phenoxy) is 1. The molecule has 1 unspecified atom stereocenters. The zero-order valence-electron chi connectivity index (χ0n) is 10.6. The van der Waals surface area contributed by atoms with Crippen LogP contribution in [0.1, 0.15) is 23.3 Å². The van der Waals surface area contributed by atoms with Gasteiger partial charge in [-0.05, 0) is 13.8 Å². The van der Waals surface area contributed by atoms with Crippen molar-refractivity contribution in [3.8, 4) is 6.07 Å². The zero-order valence-corrected chi connectivity index (χ0v) is 10.6. The van der Waals surface area contributed by atoms with Crippen LogP contribution in [0.3, 0.4) is 0 Å². The summed E-state index contributed by atoms with van der Waals surface area (Å²) < 4.78 is 7.34. The van der Waals surface area contributed by atoms with Crippen molar-refractivity contribution in [2.75, 3.05) is 26.3 Å². The summed E-state index contributed by atoms with van der Waals surface area (Å²) in [7, 11) is 1.98. The minimum atomic E-state index is -0.251. The van der Waals surface area contributed by atoms with Crippen LogP contribution in [0.15, 0.2) is 0 Å². The lowest BCUT2D eigenvalue weighted by Crippen LogP contribution is -2.39. The molecule has 1 aromatic rings. The smallest absolute Gasteiger partial charge is 0.142 e. The first kappa shape index (κ1) is 12.1. The van der Waals surface area contributed by atoms with Gasteiger partial charge in [0.15, 0.2) is 0 Å². The minimum absolute atomic E-state index is 0.251. The largest absolute Gasteiger partial charge is 0.379 e. The Balaban J connectivity index is 2.28. The first-order valence-corrected chi connectivity index (χ1v) is 5.86. The minimum Gasteiger partial charge on any atom is -0.379 e. The highest BCUT2D eigenvalue weighted by Gasteiger charge is 2.26. The molecule has 2 rings (SSSR count). The molecule has 2 heterocycles. The fourth-order valence-electron chi connectivity index (χ4n) is 2.16. The number of nitriles is 1. The van der Waals surface area contributed by atoms with Crippen LogP contribution in [0, 0.1) is 25.2 Å². The Hall–Kier alpha value is -1.38. The molecule has 1 aliphatic rings. The van der Waals surface area contributed by atoms with E-state index in [9.17, 15) is 5.26 Å². The molecule has 1 atom stereocenters. The van der Waals surface area contributed by atoms with Crippen molar-refractivity contribution < 1.29 is 4.74 Å². The second kappa shape index (κ2) is 4.86. The van der Waals surface area contributed by atoms with Crippen molar-refractivity contribution in [1.82, 2.24) is 14.5 Å². The van der Waals surface area contributed by atoms with Gasteiger partial charge in [0.1, 0.15) is 11.9 Å². The van der Waals surface area contributed by atoms with E-state index in [1.807, 2.05) is 25.5 Å². The fraction of sp³-hybridized carbons (Fsp3) is 0.667. The van der Waals surface area contributed by atoms with Crippen molar-refractivity contribution in [2.45, 2.75) is 19.9 Å². The second-order valence-electron chi connectivity index (χ2n) is 4.37. The summed E-state index contributed by atoms with van der Waals surface area (Å²) in [6.07, 6.45) is 0. The highest BCUT2D eigenvalue weighted by molar-refractivity contribution is 5.24. The van der Waals surface area contributed by atoms with E-state index in [0.29, 0.717) is 13.2 Å². The number of imidazole rings is 1. The molecule has 0 N–H and O–H groups in total. The maximum atomic E-state index is 9.37. The van der Waals surface area contributed by atoms with E-state index in [0.717, 1.165) is 30.3 Å². The summed E-state index contributed by atoms with van der Waals surface area (Å²) in [5.41, 5.74) is 1.95. The number of rotatable bonds is 2. The summed E-state index contributed by atoms with van der Waals surface area (Å²) in [5, 5.41) is 9.37. The molecule has 1 aliphatic heterocycles. The third-order valence-corrected chi connectivity index (χ3v) is 3.43. The molecule has 5 heteroatoms. The number of nitrogens with zero attached hydrogens (tertiary/aromatic N) is 4. The lowest BCUT2D eigenvalue weighted by atomic mass is 10.1. The van der Waals surface area contributed by atoms with Gasteiger partial charge < -0.3 is 9.30 Å². The fourth-order valence-corrected chi connectivity index (χ4v) is 2.16. The molecule has 0 aromatic carbocycles. The highest BCUT2D eigenvalue weighted by atomic mass is 16.5. The normalized spacial score (nSPS) is 18.9. The average molecular weight is 234 g/mol. The molecule has 0 bridgehead atoms. The van der Waals surface area contributed by atoms with Gasteiger partial charge in [0.2, 0.25) is 0 Å². The molecular formula is C12H18N4O. The van der Waals surface area contributed by atoms with Gasteiger partial charge in [0.05, 0.1) is 25.0 Å². The average Bonchev–Trinajstić information content (AvgIpc) is 2.60. The van der Waals surface area contributed by atoms with Crippen molar-refractivity contribution in [2.24, 2.45) is 7.05 Å². The maximum Gasteiger partial charge on any atom is 0.142 e. The predicted molar refractivity (Wildman–Crippen MR) is 63.4 cm³/mol. The molecular weight excluding hydrogens is 216 g/mol. The van der Waals surface area contributed by atoms with E-state index >= 15 is 0 Å². The van der Waals surface area contributed by atoms with Crippen molar-refractivity contribution >= 4 is 0 Å². The van der Waals surface area contributed by atoms with Crippen LogP contribution in [-0.4, -0.2) is 40.8 Å². The monoisotopic (exact) mass is 234 g/mol. The number of morpholine rings is 1. The summed E-state index contributed by atoms with van der Waals surface area (Å²) in [4.78, 5) is 6.65. The summed E-state index contributed by atoms with van der Waals surface area (Å²) in [5.74, 6) is 0.950. The number of aryl methyl sites for hydroxylation is 1. The molecule has 1 aromatic heterocycles. The molecule has 17 heavy (non-hydrogen) atoms. The van der Waals surface area contributed by atoms with E-state index in [1.54, 1.807) is 0 Å². The van der Waals surface area contributed by atoms with Crippen LogP contribution < -0.4 is 0 Å². The van der Waals surface area contributed by atoms with Crippen LogP contribution in [0.4, 0.5) is 0 Å². The van der Waals surface area contributed by atoms with Crippen molar-refractivity contribution in [1.29, 1.82) is 5.26 Å². The summed E-state index contributed by atoms with van der Waals surface area (Å²) in [6, 6.07) is 2.11. The van der Waals surface area contributed by atoms with Crippen molar-refractivity contribution in [3.05, 3.63) is 17.2 Å². The number of aromatic nitrogens is 2. The number of hydrogen-bond donors (Lipinski definition) is 0. The van der Waals surface area contributed by atoms with Crippen LogP contribution in [-0.2, 0) is 11.8 Å². The van der Waals surface area contributed by atoms with Gasteiger partial charge in [-0.2, -0.15) is 5.26 Å². The molecule has 0 saturated carbocycles. The molecule has 5 nitrogen and oxygen atoms in total. The standard InChI is InChI=1S/C12H18N4O/c1-9-12(14-10(2)15(9)3)11(8-13)16-4-6-17-7-5-16/h11H,4-7H2,1-3H3. The first-order chi connectivity index (χ1) is 8.15. The zero-order chi connectivity index (χ0) is 12.4. The first-order valence-electron chi connectivity index (χ1n) is 5.86. The Bertz CT molecular complexity index is 440. The molecule has 0 amide bonds. The molecule has 0 aliphatic carbocycles. The van der Waals surface area contributed by atoms with E-state index < -0.39 is 0 Å². The molecule has 1 saturated heterocycles. The van der Waals surface area contributed by atoms with Gasteiger partial charge in [0, 0.05) is 25.8 Å².